The molecule has 80 valence electrons. The topological polar surface area (TPSA) is 12.0 Å². The van der Waals surface area contributed by atoms with Gasteiger partial charge in [-0.3, -0.25) is 0 Å². The third-order valence-corrected chi connectivity index (χ3v) is 3.89. The third kappa shape index (κ3) is 3.43. The van der Waals surface area contributed by atoms with Crippen LogP contribution in [0.4, 0.5) is 0 Å². The van der Waals surface area contributed by atoms with Gasteiger partial charge < -0.3 is 5.32 Å². The Labute approximate surface area is 91.5 Å². The molecule has 0 bridgehead atoms. The van der Waals surface area contributed by atoms with Gasteiger partial charge in [-0.15, -0.1) is 11.3 Å². The first-order valence-electron chi connectivity index (χ1n) is 5.54. The van der Waals surface area contributed by atoms with Crippen LogP contribution in [0, 0.1) is 5.92 Å². The van der Waals surface area contributed by atoms with Crippen molar-refractivity contribution in [2.24, 2.45) is 5.92 Å². The molecule has 0 aromatic carbocycles. The van der Waals surface area contributed by atoms with Crippen molar-refractivity contribution in [2.75, 3.05) is 6.54 Å². The summed E-state index contributed by atoms with van der Waals surface area (Å²) < 4.78 is 0. The fourth-order valence-electron chi connectivity index (χ4n) is 1.56. The van der Waals surface area contributed by atoms with Crippen LogP contribution in [-0.2, 0) is 0 Å². The first-order valence-corrected chi connectivity index (χ1v) is 6.42. The molecule has 1 aromatic heterocycles. The average molecular weight is 211 g/mol. The Bertz CT molecular complexity index is 226. The Morgan fingerprint density at radius 1 is 1.36 bits per heavy atom. The minimum Gasteiger partial charge on any atom is -0.309 e. The van der Waals surface area contributed by atoms with Gasteiger partial charge in [-0.05, 0) is 30.8 Å². The van der Waals surface area contributed by atoms with Crippen molar-refractivity contribution in [3.8, 4) is 0 Å². The van der Waals surface area contributed by atoms with Crippen molar-refractivity contribution in [1.82, 2.24) is 5.32 Å². The van der Waals surface area contributed by atoms with Crippen molar-refractivity contribution >= 4 is 11.3 Å². The van der Waals surface area contributed by atoms with E-state index in [4.69, 9.17) is 0 Å². The van der Waals surface area contributed by atoms with E-state index in [0.29, 0.717) is 6.04 Å². The molecule has 0 aliphatic carbocycles. The van der Waals surface area contributed by atoms with Gasteiger partial charge in [0.15, 0.2) is 0 Å². The van der Waals surface area contributed by atoms with Crippen molar-refractivity contribution in [1.29, 1.82) is 0 Å². The number of hydrogen-bond acceptors (Lipinski definition) is 2. The Morgan fingerprint density at radius 2 is 2.07 bits per heavy atom. The van der Waals surface area contributed by atoms with Crippen LogP contribution in [0.5, 0.6) is 0 Å². The molecule has 0 fully saturated rings. The lowest BCUT2D eigenvalue weighted by Crippen LogP contribution is -2.24. The molecule has 1 atom stereocenters. The molecule has 14 heavy (non-hydrogen) atoms. The number of nitrogens with one attached hydrogen (secondary N) is 1. The van der Waals surface area contributed by atoms with Crippen molar-refractivity contribution < 1.29 is 0 Å². The van der Waals surface area contributed by atoms with Gasteiger partial charge in [-0.2, -0.15) is 0 Å². The molecular formula is C12H21NS. The minimum absolute atomic E-state index is 0.510. The van der Waals surface area contributed by atoms with Gasteiger partial charge in [0.25, 0.3) is 0 Å². The molecule has 0 saturated heterocycles. The molecule has 1 nitrogen and oxygen atoms in total. The van der Waals surface area contributed by atoms with E-state index in [-0.39, 0.29) is 0 Å². The first-order chi connectivity index (χ1) is 6.77. The van der Waals surface area contributed by atoms with Gasteiger partial charge in [0, 0.05) is 10.9 Å². The average Bonchev–Trinajstić information content (AvgIpc) is 2.72. The van der Waals surface area contributed by atoms with Crippen molar-refractivity contribution in [3.05, 3.63) is 22.4 Å². The predicted molar refractivity (Wildman–Crippen MR) is 64.8 cm³/mol. The smallest absolute Gasteiger partial charge is 0.0386 e. The van der Waals surface area contributed by atoms with Crippen LogP contribution in [0.2, 0.25) is 0 Å². The molecule has 0 unspecified atom stereocenters. The molecule has 0 amide bonds. The Morgan fingerprint density at radius 3 is 2.57 bits per heavy atom. The fourth-order valence-corrected chi connectivity index (χ4v) is 2.32. The van der Waals surface area contributed by atoms with E-state index in [0.717, 1.165) is 12.5 Å². The first kappa shape index (κ1) is 11.7. The zero-order valence-corrected chi connectivity index (χ0v) is 10.2. The summed E-state index contributed by atoms with van der Waals surface area (Å²) in [4.78, 5) is 1.44. The molecule has 0 radical (unpaired) electrons. The second kappa shape index (κ2) is 6.20. The maximum atomic E-state index is 3.60. The van der Waals surface area contributed by atoms with Crippen LogP contribution in [0.15, 0.2) is 17.5 Å². The lowest BCUT2D eigenvalue weighted by Gasteiger charge is -2.17. The second-order valence-electron chi connectivity index (χ2n) is 3.83. The lowest BCUT2D eigenvalue weighted by molar-refractivity contribution is 0.424. The fraction of sp³-hybridized carbons (Fsp3) is 0.667. The van der Waals surface area contributed by atoms with Gasteiger partial charge in [0.1, 0.15) is 0 Å². The normalized spacial score (nSPS) is 13.4. The van der Waals surface area contributed by atoms with Gasteiger partial charge >= 0.3 is 0 Å². The van der Waals surface area contributed by atoms with Crippen LogP contribution >= 0.6 is 11.3 Å². The summed E-state index contributed by atoms with van der Waals surface area (Å²) in [5.74, 6) is 0.831. The molecule has 2 heteroatoms. The van der Waals surface area contributed by atoms with E-state index in [1.54, 1.807) is 0 Å². The largest absolute Gasteiger partial charge is 0.309 e. The van der Waals surface area contributed by atoms with Crippen LogP contribution < -0.4 is 5.32 Å². The van der Waals surface area contributed by atoms with E-state index in [1.807, 2.05) is 11.3 Å². The lowest BCUT2D eigenvalue weighted by atomic mass is 10.0. The van der Waals surface area contributed by atoms with Crippen LogP contribution in [-0.4, -0.2) is 6.54 Å². The highest BCUT2D eigenvalue weighted by Crippen LogP contribution is 2.18. The summed E-state index contributed by atoms with van der Waals surface area (Å²) in [7, 11) is 0. The molecule has 1 aromatic rings. The van der Waals surface area contributed by atoms with Gasteiger partial charge in [-0.1, -0.05) is 32.8 Å². The van der Waals surface area contributed by atoms with E-state index in [1.165, 1.54) is 17.7 Å². The summed E-state index contributed by atoms with van der Waals surface area (Å²) in [6.45, 7) is 7.93. The zero-order chi connectivity index (χ0) is 10.4. The molecule has 0 spiro atoms. The highest BCUT2D eigenvalue weighted by Gasteiger charge is 2.08. The maximum Gasteiger partial charge on any atom is 0.0386 e. The van der Waals surface area contributed by atoms with Gasteiger partial charge in [-0.25, -0.2) is 0 Å². The molecule has 1 N–H and O–H groups in total. The second-order valence-corrected chi connectivity index (χ2v) is 4.81. The summed E-state index contributed by atoms with van der Waals surface area (Å²) >= 11 is 1.84. The van der Waals surface area contributed by atoms with E-state index in [2.05, 4.69) is 43.6 Å². The Hall–Kier alpha value is -0.340. The summed E-state index contributed by atoms with van der Waals surface area (Å²) in [6, 6.07) is 4.83. The van der Waals surface area contributed by atoms with Crippen molar-refractivity contribution in [2.45, 2.75) is 39.7 Å². The van der Waals surface area contributed by atoms with Gasteiger partial charge in [0.05, 0.1) is 0 Å². The monoisotopic (exact) mass is 211 g/mol. The van der Waals surface area contributed by atoms with Crippen molar-refractivity contribution in [3.63, 3.8) is 0 Å². The Kier molecular flexibility index (Phi) is 5.20. The zero-order valence-electron chi connectivity index (χ0n) is 9.42. The number of rotatable bonds is 6. The highest BCUT2D eigenvalue weighted by molar-refractivity contribution is 7.10. The molecule has 0 aliphatic heterocycles. The van der Waals surface area contributed by atoms with Crippen LogP contribution in [0.1, 0.15) is 44.5 Å². The minimum atomic E-state index is 0.510. The summed E-state index contributed by atoms with van der Waals surface area (Å²) in [5, 5.41) is 5.74. The molecule has 0 aliphatic rings. The summed E-state index contributed by atoms with van der Waals surface area (Å²) in [6.07, 6.45) is 2.56. The SMILES string of the molecule is CCC(CC)CN[C@@H](C)c1cccs1. The molecule has 1 heterocycles. The van der Waals surface area contributed by atoms with Crippen LogP contribution in [0.25, 0.3) is 0 Å². The predicted octanol–water partition coefficient (Wildman–Crippen LogP) is 3.83. The highest BCUT2D eigenvalue weighted by atomic mass is 32.1. The molecule has 0 saturated carbocycles. The van der Waals surface area contributed by atoms with E-state index < -0.39 is 0 Å². The molecular weight excluding hydrogens is 190 g/mol. The van der Waals surface area contributed by atoms with E-state index in [9.17, 15) is 0 Å². The maximum absolute atomic E-state index is 3.60. The number of thiophene rings is 1. The summed E-state index contributed by atoms with van der Waals surface area (Å²) in [5.41, 5.74) is 0. The molecule has 1 rings (SSSR count). The van der Waals surface area contributed by atoms with Gasteiger partial charge in [0.2, 0.25) is 0 Å². The van der Waals surface area contributed by atoms with E-state index >= 15 is 0 Å². The van der Waals surface area contributed by atoms with Crippen LogP contribution in [0.3, 0.4) is 0 Å². The number of hydrogen-bond donors (Lipinski definition) is 1. The third-order valence-electron chi connectivity index (χ3n) is 2.84. The Balaban J connectivity index is 2.31. The standard InChI is InChI=1S/C12H21NS/c1-4-11(5-2)9-13-10(3)12-7-6-8-14-12/h6-8,10-11,13H,4-5,9H2,1-3H3/t10-/m0/s1. The quantitative estimate of drug-likeness (QED) is 0.754.